The van der Waals surface area contributed by atoms with Gasteiger partial charge in [-0.2, -0.15) is 4.31 Å². The van der Waals surface area contributed by atoms with Gasteiger partial charge in [-0.3, -0.25) is 9.59 Å². The van der Waals surface area contributed by atoms with Crippen molar-refractivity contribution >= 4 is 21.9 Å². The largest absolute Gasteiger partial charge is 0.480 e. The van der Waals surface area contributed by atoms with Gasteiger partial charge in [-0.15, -0.1) is 0 Å². The van der Waals surface area contributed by atoms with Gasteiger partial charge in [0.15, 0.2) is 0 Å². The van der Waals surface area contributed by atoms with Crippen LogP contribution < -0.4 is 0 Å². The smallest absolute Gasteiger partial charge is 0.323 e. The van der Waals surface area contributed by atoms with Gasteiger partial charge in [0.25, 0.3) is 5.91 Å². The summed E-state index contributed by atoms with van der Waals surface area (Å²) >= 11 is 0. The van der Waals surface area contributed by atoms with Crippen molar-refractivity contribution < 1.29 is 23.1 Å². The molecule has 0 aromatic heterocycles. The molecule has 26 heavy (non-hydrogen) atoms. The lowest BCUT2D eigenvalue weighted by Gasteiger charge is -2.30. The number of rotatable bonds is 6. The molecule has 3 rings (SSSR count). The Balaban J connectivity index is 1.77. The highest BCUT2D eigenvalue weighted by Gasteiger charge is 2.34. The maximum atomic E-state index is 12.8. The number of piperidine rings is 1. The lowest BCUT2D eigenvalue weighted by atomic mass is 10.0. The van der Waals surface area contributed by atoms with E-state index in [1.165, 1.54) is 33.5 Å². The first-order valence-corrected chi connectivity index (χ1v) is 10.4. The van der Waals surface area contributed by atoms with Crippen molar-refractivity contribution in [1.29, 1.82) is 0 Å². The number of benzene rings is 1. The molecule has 1 unspecified atom stereocenters. The molecule has 0 spiro atoms. The zero-order valence-corrected chi connectivity index (χ0v) is 15.6. The quantitative estimate of drug-likeness (QED) is 0.812. The Bertz CT molecular complexity index is 786. The number of aliphatic carboxylic acids is 1. The Morgan fingerprint density at radius 1 is 1.19 bits per heavy atom. The Morgan fingerprint density at radius 2 is 1.85 bits per heavy atom. The van der Waals surface area contributed by atoms with Crippen LogP contribution in [-0.2, 0) is 14.8 Å². The third-order valence-corrected chi connectivity index (χ3v) is 6.79. The van der Waals surface area contributed by atoms with Crippen LogP contribution in [0.1, 0.15) is 43.0 Å². The van der Waals surface area contributed by atoms with Crippen LogP contribution >= 0.6 is 0 Å². The second-order valence-corrected chi connectivity index (χ2v) is 9.13. The summed E-state index contributed by atoms with van der Waals surface area (Å²) in [5.74, 6) is -1.09. The number of carboxylic acid groups (broad SMARTS) is 1. The summed E-state index contributed by atoms with van der Waals surface area (Å²) in [6, 6.07) is 5.79. The first-order chi connectivity index (χ1) is 12.3. The third-order valence-electron chi connectivity index (χ3n) is 4.91. The van der Waals surface area contributed by atoms with Gasteiger partial charge in [0, 0.05) is 24.7 Å². The van der Waals surface area contributed by atoms with Gasteiger partial charge in [0.1, 0.15) is 6.54 Å². The van der Waals surface area contributed by atoms with Gasteiger partial charge in [-0.05, 0) is 55.9 Å². The number of carbonyl (C=O) groups is 2. The van der Waals surface area contributed by atoms with Crippen LogP contribution in [0.5, 0.6) is 0 Å². The van der Waals surface area contributed by atoms with Gasteiger partial charge >= 0.3 is 5.97 Å². The minimum absolute atomic E-state index is 0.0307. The van der Waals surface area contributed by atoms with Gasteiger partial charge in [-0.25, -0.2) is 8.42 Å². The summed E-state index contributed by atoms with van der Waals surface area (Å²) in [5, 5.41) is 8.99. The van der Waals surface area contributed by atoms with Crippen molar-refractivity contribution in [3.05, 3.63) is 29.8 Å². The molecule has 1 saturated carbocycles. The molecule has 1 amide bonds. The molecule has 1 aromatic carbocycles. The normalized spacial score (nSPS) is 21.3. The summed E-state index contributed by atoms with van der Waals surface area (Å²) in [6.07, 6.45) is 3.49. The van der Waals surface area contributed by atoms with E-state index >= 15 is 0 Å². The van der Waals surface area contributed by atoms with Gasteiger partial charge in [0.05, 0.1) is 4.90 Å². The number of hydrogen-bond acceptors (Lipinski definition) is 4. The highest BCUT2D eigenvalue weighted by molar-refractivity contribution is 7.89. The highest BCUT2D eigenvalue weighted by Crippen LogP contribution is 2.29. The lowest BCUT2D eigenvalue weighted by Crippen LogP contribution is -2.39. The van der Waals surface area contributed by atoms with E-state index in [-0.39, 0.29) is 23.4 Å². The summed E-state index contributed by atoms with van der Waals surface area (Å²) in [7, 11) is -3.57. The molecule has 1 aliphatic heterocycles. The van der Waals surface area contributed by atoms with E-state index in [1.807, 2.05) is 6.92 Å². The van der Waals surface area contributed by atoms with E-state index in [1.54, 1.807) is 0 Å². The van der Waals surface area contributed by atoms with Crippen molar-refractivity contribution in [3.63, 3.8) is 0 Å². The molecule has 2 aliphatic rings. The average Bonchev–Trinajstić information content (AvgIpc) is 3.44. The molecule has 142 valence electrons. The molecule has 1 heterocycles. The molecule has 7 nitrogen and oxygen atoms in total. The Labute approximate surface area is 153 Å². The number of nitrogens with zero attached hydrogens (tertiary/aromatic N) is 2. The molecule has 1 saturated heterocycles. The van der Waals surface area contributed by atoms with Gasteiger partial charge < -0.3 is 10.0 Å². The summed E-state index contributed by atoms with van der Waals surface area (Å²) in [5.41, 5.74) is 0.309. The highest BCUT2D eigenvalue weighted by atomic mass is 32.2. The molecule has 1 aliphatic carbocycles. The molecule has 1 aromatic rings. The average molecular weight is 380 g/mol. The van der Waals surface area contributed by atoms with Crippen LogP contribution in [-0.4, -0.2) is 60.3 Å². The predicted molar refractivity (Wildman–Crippen MR) is 95.3 cm³/mol. The molecular formula is C18H24N2O5S. The van der Waals surface area contributed by atoms with Crippen molar-refractivity contribution in [2.45, 2.75) is 43.5 Å². The van der Waals surface area contributed by atoms with E-state index < -0.39 is 16.0 Å². The van der Waals surface area contributed by atoms with E-state index in [0.717, 1.165) is 25.7 Å². The zero-order chi connectivity index (χ0) is 18.9. The van der Waals surface area contributed by atoms with Crippen LogP contribution in [0.25, 0.3) is 0 Å². The van der Waals surface area contributed by atoms with Gasteiger partial charge in [0.2, 0.25) is 10.0 Å². The molecule has 0 radical (unpaired) electrons. The van der Waals surface area contributed by atoms with Crippen LogP contribution in [0.15, 0.2) is 29.2 Å². The topological polar surface area (TPSA) is 95.0 Å². The first-order valence-electron chi connectivity index (χ1n) is 8.92. The molecule has 1 N–H and O–H groups in total. The Morgan fingerprint density at radius 3 is 2.38 bits per heavy atom. The van der Waals surface area contributed by atoms with Crippen molar-refractivity contribution in [1.82, 2.24) is 9.21 Å². The van der Waals surface area contributed by atoms with Crippen LogP contribution in [0, 0.1) is 5.92 Å². The third kappa shape index (κ3) is 4.07. The standard InChI is InChI=1S/C18H24N2O5S/c1-13-3-2-10-19(11-13)26(24,25)16-8-4-14(5-9-16)18(23)20(12-17(21)22)15-6-7-15/h4-5,8-9,13,15H,2-3,6-7,10-12H2,1H3,(H,21,22). The maximum Gasteiger partial charge on any atom is 0.323 e. The fraction of sp³-hybridized carbons (Fsp3) is 0.556. The molecule has 8 heteroatoms. The fourth-order valence-corrected chi connectivity index (χ4v) is 4.95. The second-order valence-electron chi connectivity index (χ2n) is 7.19. The number of amides is 1. The minimum atomic E-state index is -3.57. The maximum absolute atomic E-state index is 12.8. The number of carboxylic acids is 1. The Kier molecular flexibility index (Phi) is 5.34. The summed E-state index contributed by atoms with van der Waals surface area (Å²) in [6.45, 7) is 2.73. The van der Waals surface area contributed by atoms with E-state index in [4.69, 9.17) is 5.11 Å². The Hall–Kier alpha value is -1.93. The predicted octanol–water partition coefficient (Wildman–Crippen LogP) is 1.80. The van der Waals surface area contributed by atoms with Crippen molar-refractivity contribution in [3.8, 4) is 0 Å². The number of sulfonamides is 1. The van der Waals surface area contributed by atoms with Crippen LogP contribution in [0.2, 0.25) is 0 Å². The number of hydrogen-bond donors (Lipinski definition) is 1. The van der Waals surface area contributed by atoms with Crippen LogP contribution in [0.4, 0.5) is 0 Å². The SMILES string of the molecule is CC1CCCN(S(=O)(=O)c2ccc(C(=O)N(CC(=O)O)C3CC3)cc2)C1. The van der Waals surface area contributed by atoms with Crippen molar-refractivity contribution in [2.24, 2.45) is 5.92 Å². The summed E-state index contributed by atoms with van der Waals surface area (Å²) < 4.78 is 27.0. The zero-order valence-electron chi connectivity index (χ0n) is 14.8. The summed E-state index contributed by atoms with van der Waals surface area (Å²) in [4.78, 5) is 25.1. The molecule has 2 fully saturated rings. The molecular weight excluding hydrogens is 356 g/mol. The second kappa shape index (κ2) is 7.36. The molecule has 0 bridgehead atoms. The monoisotopic (exact) mass is 380 g/mol. The fourth-order valence-electron chi connectivity index (χ4n) is 3.35. The lowest BCUT2D eigenvalue weighted by molar-refractivity contribution is -0.137. The molecule has 1 atom stereocenters. The van der Waals surface area contributed by atoms with E-state index in [2.05, 4.69) is 0 Å². The van der Waals surface area contributed by atoms with Crippen molar-refractivity contribution in [2.75, 3.05) is 19.6 Å². The number of carbonyl (C=O) groups excluding carboxylic acids is 1. The first kappa shape index (κ1) is 18.8. The van der Waals surface area contributed by atoms with Gasteiger partial charge in [-0.1, -0.05) is 6.92 Å². The van der Waals surface area contributed by atoms with E-state index in [9.17, 15) is 18.0 Å². The minimum Gasteiger partial charge on any atom is -0.480 e. The van der Waals surface area contributed by atoms with Crippen LogP contribution in [0.3, 0.4) is 0 Å². The van der Waals surface area contributed by atoms with E-state index in [0.29, 0.717) is 24.6 Å².